The minimum Gasteiger partial charge on any atom is -0.312 e. The van der Waals surface area contributed by atoms with Gasteiger partial charge in [-0.2, -0.15) is 0 Å². The SMILES string of the molecule is CCNC(Cn1cnc2ccccc2c1=O)C(C)C. The Balaban J connectivity index is 2.35. The Hall–Kier alpha value is -1.68. The van der Waals surface area contributed by atoms with Crippen molar-refractivity contribution in [3.8, 4) is 0 Å². The molecule has 1 aromatic heterocycles. The summed E-state index contributed by atoms with van der Waals surface area (Å²) in [6.07, 6.45) is 1.65. The van der Waals surface area contributed by atoms with Gasteiger partial charge in [0, 0.05) is 12.6 Å². The molecule has 0 saturated carbocycles. The summed E-state index contributed by atoms with van der Waals surface area (Å²) < 4.78 is 1.70. The first-order valence-electron chi connectivity index (χ1n) is 6.81. The maximum atomic E-state index is 12.4. The molecule has 1 aromatic carbocycles. The molecule has 102 valence electrons. The zero-order chi connectivity index (χ0) is 13.8. The highest BCUT2D eigenvalue weighted by Gasteiger charge is 2.14. The predicted molar refractivity (Wildman–Crippen MR) is 78.3 cm³/mol. The summed E-state index contributed by atoms with van der Waals surface area (Å²) in [4.78, 5) is 16.7. The largest absolute Gasteiger partial charge is 0.312 e. The van der Waals surface area contributed by atoms with Crippen LogP contribution in [0.3, 0.4) is 0 Å². The Morgan fingerprint density at radius 1 is 1.32 bits per heavy atom. The van der Waals surface area contributed by atoms with Crippen LogP contribution in [0.5, 0.6) is 0 Å². The van der Waals surface area contributed by atoms with E-state index in [1.807, 2.05) is 24.3 Å². The summed E-state index contributed by atoms with van der Waals surface area (Å²) in [5.74, 6) is 0.471. The summed E-state index contributed by atoms with van der Waals surface area (Å²) >= 11 is 0. The highest BCUT2D eigenvalue weighted by Crippen LogP contribution is 2.07. The van der Waals surface area contributed by atoms with Crippen LogP contribution in [0.2, 0.25) is 0 Å². The third-order valence-corrected chi connectivity index (χ3v) is 3.40. The second-order valence-electron chi connectivity index (χ2n) is 5.13. The van der Waals surface area contributed by atoms with Gasteiger partial charge in [-0.05, 0) is 24.6 Å². The summed E-state index contributed by atoms with van der Waals surface area (Å²) in [5.41, 5.74) is 0.794. The van der Waals surface area contributed by atoms with E-state index in [0.717, 1.165) is 12.1 Å². The first kappa shape index (κ1) is 13.7. The molecule has 0 radical (unpaired) electrons. The van der Waals surface area contributed by atoms with Crippen molar-refractivity contribution in [2.45, 2.75) is 33.4 Å². The van der Waals surface area contributed by atoms with Crippen LogP contribution >= 0.6 is 0 Å². The molecular weight excluding hydrogens is 238 g/mol. The molecule has 1 heterocycles. The topological polar surface area (TPSA) is 46.9 Å². The molecule has 0 aliphatic heterocycles. The van der Waals surface area contributed by atoms with Crippen LogP contribution in [0.1, 0.15) is 20.8 Å². The Kier molecular flexibility index (Phi) is 4.32. The lowest BCUT2D eigenvalue weighted by molar-refractivity contribution is 0.357. The molecule has 0 fully saturated rings. The Morgan fingerprint density at radius 2 is 2.05 bits per heavy atom. The molecule has 1 N–H and O–H groups in total. The molecule has 0 spiro atoms. The van der Waals surface area contributed by atoms with Crippen molar-refractivity contribution in [1.29, 1.82) is 0 Å². The van der Waals surface area contributed by atoms with Gasteiger partial charge < -0.3 is 5.32 Å². The minimum absolute atomic E-state index is 0.0363. The van der Waals surface area contributed by atoms with Crippen molar-refractivity contribution in [1.82, 2.24) is 14.9 Å². The van der Waals surface area contributed by atoms with Gasteiger partial charge in [-0.25, -0.2) is 4.98 Å². The van der Waals surface area contributed by atoms with Gasteiger partial charge in [0.05, 0.1) is 17.2 Å². The van der Waals surface area contributed by atoms with Crippen LogP contribution in [0.25, 0.3) is 10.9 Å². The predicted octanol–water partition coefficient (Wildman–Crippen LogP) is 2.03. The monoisotopic (exact) mass is 259 g/mol. The third kappa shape index (κ3) is 3.01. The molecule has 4 heteroatoms. The Bertz CT molecular complexity index is 604. The molecule has 0 saturated heterocycles. The molecule has 1 unspecified atom stereocenters. The normalized spacial score (nSPS) is 13.1. The van der Waals surface area contributed by atoms with Gasteiger partial charge in [0.1, 0.15) is 0 Å². The molecular formula is C15H21N3O. The van der Waals surface area contributed by atoms with E-state index in [0.29, 0.717) is 17.8 Å². The number of para-hydroxylation sites is 1. The number of nitrogens with zero attached hydrogens (tertiary/aromatic N) is 2. The standard InChI is InChI=1S/C15H21N3O/c1-4-16-14(11(2)3)9-18-10-17-13-8-6-5-7-12(13)15(18)19/h5-8,10-11,14,16H,4,9H2,1-3H3. The van der Waals surface area contributed by atoms with Crippen molar-refractivity contribution in [2.75, 3.05) is 6.54 Å². The van der Waals surface area contributed by atoms with E-state index in [4.69, 9.17) is 0 Å². The lowest BCUT2D eigenvalue weighted by Crippen LogP contribution is -2.40. The highest BCUT2D eigenvalue weighted by molar-refractivity contribution is 5.76. The number of rotatable bonds is 5. The van der Waals surface area contributed by atoms with Crippen molar-refractivity contribution in [3.05, 3.63) is 40.9 Å². The molecule has 0 aliphatic rings. The van der Waals surface area contributed by atoms with Gasteiger partial charge in [0.15, 0.2) is 0 Å². The molecule has 0 bridgehead atoms. The van der Waals surface area contributed by atoms with E-state index < -0.39 is 0 Å². The van der Waals surface area contributed by atoms with Gasteiger partial charge in [0.25, 0.3) is 5.56 Å². The number of hydrogen-bond acceptors (Lipinski definition) is 3. The van der Waals surface area contributed by atoms with E-state index >= 15 is 0 Å². The Morgan fingerprint density at radius 3 is 2.74 bits per heavy atom. The van der Waals surface area contributed by atoms with Crippen molar-refractivity contribution in [3.63, 3.8) is 0 Å². The number of nitrogens with one attached hydrogen (secondary N) is 1. The minimum atomic E-state index is 0.0363. The molecule has 19 heavy (non-hydrogen) atoms. The summed E-state index contributed by atoms with van der Waals surface area (Å²) in [7, 11) is 0. The van der Waals surface area contributed by atoms with Crippen LogP contribution in [-0.4, -0.2) is 22.1 Å². The average molecular weight is 259 g/mol. The maximum Gasteiger partial charge on any atom is 0.261 e. The first-order chi connectivity index (χ1) is 9.13. The van der Waals surface area contributed by atoms with E-state index in [2.05, 4.69) is 31.1 Å². The highest BCUT2D eigenvalue weighted by atomic mass is 16.1. The Labute approximate surface area is 113 Å². The van der Waals surface area contributed by atoms with E-state index in [9.17, 15) is 4.79 Å². The zero-order valence-corrected chi connectivity index (χ0v) is 11.8. The summed E-state index contributed by atoms with van der Waals surface area (Å²) in [6.45, 7) is 7.96. The molecule has 0 amide bonds. The second kappa shape index (κ2) is 5.97. The number of fused-ring (bicyclic) bond motifs is 1. The van der Waals surface area contributed by atoms with E-state index in [1.54, 1.807) is 10.9 Å². The number of benzene rings is 1. The maximum absolute atomic E-state index is 12.4. The van der Waals surface area contributed by atoms with Crippen LogP contribution in [0, 0.1) is 5.92 Å². The van der Waals surface area contributed by atoms with Crippen molar-refractivity contribution >= 4 is 10.9 Å². The van der Waals surface area contributed by atoms with Crippen LogP contribution in [0.15, 0.2) is 35.4 Å². The zero-order valence-electron chi connectivity index (χ0n) is 11.8. The molecule has 2 aromatic rings. The van der Waals surface area contributed by atoms with Crippen molar-refractivity contribution < 1.29 is 0 Å². The number of aromatic nitrogens is 2. The van der Waals surface area contributed by atoms with Gasteiger partial charge >= 0.3 is 0 Å². The van der Waals surface area contributed by atoms with Crippen LogP contribution < -0.4 is 10.9 Å². The fourth-order valence-electron chi connectivity index (χ4n) is 2.22. The first-order valence-corrected chi connectivity index (χ1v) is 6.81. The average Bonchev–Trinajstić information content (AvgIpc) is 2.41. The van der Waals surface area contributed by atoms with Gasteiger partial charge in [-0.1, -0.05) is 32.9 Å². The van der Waals surface area contributed by atoms with Crippen molar-refractivity contribution in [2.24, 2.45) is 5.92 Å². The molecule has 1 atom stereocenters. The third-order valence-electron chi connectivity index (χ3n) is 3.40. The fourth-order valence-corrected chi connectivity index (χ4v) is 2.22. The van der Waals surface area contributed by atoms with E-state index in [1.165, 1.54) is 0 Å². The fraction of sp³-hybridized carbons (Fsp3) is 0.467. The van der Waals surface area contributed by atoms with Crippen LogP contribution in [-0.2, 0) is 6.54 Å². The van der Waals surface area contributed by atoms with Gasteiger partial charge in [-0.3, -0.25) is 9.36 Å². The summed E-state index contributed by atoms with van der Waals surface area (Å²) in [5, 5.41) is 4.10. The van der Waals surface area contributed by atoms with E-state index in [-0.39, 0.29) is 11.6 Å². The lowest BCUT2D eigenvalue weighted by Gasteiger charge is -2.22. The van der Waals surface area contributed by atoms with Gasteiger partial charge in [0.2, 0.25) is 0 Å². The van der Waals surface area contributed by atoms with Crippen LogP contribution in [0.4, 0.5) is 0 Å². The lowest BCUT2D eigenvalue weighted by atomic mass is 10.0. The van der Waals surface area contributed by atoms with Gasteiger partial charge in [-0.15, -0.1) is 0 Å². The molecule has 4 nitrogen and oxygen atoms in total. The smallest absolute Gasteiger partial charge is 0.261 e. The molecule has 0 aliphatic carbocycles. The number of likely N-dealkylation sites (N-methyl/N-ethyl adjacent to an activating group) is 1. The number of hydrogen-bond donors (Lipinski definition) is 1. The summed E-state index contributed by atoms with van der Waals surface area (Å²) in [6, 6.07) is 7.75. The molecule has 2 rings (SSSR count). The second-order valence-corrected chi connectivity index (χ2v) is 5.13. The quantitative estimate of drug-likeness (QED) is 0.893.